The van der Waals surface area contributed by atoms with Gasteiger partial charge in [-0.2, -0.15) is 13.2 Å². The molecule has 1 aromatic rings. The molecule has 22 heavy (non-hydrogen) atoms. The van der Waals surface area contributed by atoms with Gasteiger partial charge in [0.1, 0.15) is 11.9 Å². The van der Waals surface area contributed by atoms with Crippen molar-refractivity contribution in [2.24, 2.45) is 0 Å². The van der Waals surface area contributed by atoms with Crippen molar-refractivity contribution in [1.82, 2.24) is 9.88 Å². The first-order chi connectivity index (χ1) is 10.3. The van der Waals surface area contributed by atoms with Gasteiger partial charge in [0.2, 0.25) is 5.88 Å². The Labute approximate surface area is 123 Å². The van der Waals surface area contributed by atoms with Crippen molar-refractivity contribution < 1.29 is 32.2 Å². The van der Waals surface area contributed by atoms with Gasteiger partial charge in [-0.25, -0.2) is 9.37 Å². The van der Waals surface area contributed by atoms with Crippen molar-refractivity contribution in [2.75, 3.05) is 19.8 Å². The maximum absolute atomic E-state index is 13.3. The van der Waals surface area contributed by atoms with E-state index in [1.807, 2.05) is 0 Å². The van der Waals surface area contributed by atoms with Crippen LogP contribution in [0.15, 0.2) is 18.2 Å². The number of carbonyl (C=O) groups is 1. The number of alkyl halides is 4. The molecule has 5 nitrogen and oxygen atoms in total. The summed E-state index contributed by atoms with van der Waals surface area (Å²) in [5, 5.41) is 9.15. The van der Waals surface area contributed by atoms with Crippen molar-refractivity contribution in [3.8, 4) is 5.88 Å². The van der Waals surface area contributed by atoms with E-state index in [4.69, 9.17) is 5.11 Å². The number of carbonyl (C=O) groups excluding carboxylic acids is 1. The molecule has 1 N–H and O–H groups in total. The Bertz CT molecular complexity index is 538. The Hall–Kier alpha value is -1.90. The third-order valence-corrected chi connectivity index (χ3v) is 3.16. The summed E-state index contributed by atoms with van der Waals surface area (Å²) in [7, 11) is 0. The Morgan fingerprint density at radius 1 is 1.45 bits per heavy atom. The molecule has 1 amide bonds. The molecule has 0 aliphatic carbocycles. The van der Waals surface area contributed by atoms with Gasteiger partial charge < -0.3 is 14.7 Å². The van der Waals surface area contributed by atoms with E-state index >= 15 is 0 Å². The van der Waals surface area contributed by atoms with Crippen LogP contribution < -0.4 is 4.74 Å². The molecule has 2 atom stereocenters. The Morgan fingerprint density at radius 3 is 2.82 bits per heavy atom. The van der Waals surface area contributed by atoms with Crippen molar-refractivity contribution in [2.45, 2.75) is 24.8 Å². The first-order valence-electron chi connectivity index (χ1n) is 6.52. The summed E-state index contributed by atoms with van der Waals surface area (Å²) in [6, 6.07) is 3.14. The molecule has 0 unspecified atom stereocenters. The lowest BCUT2D eigenvalue weighted by Crippen LogP contribution is -2.38. The highest BCUT2D eigenvalue weighted by molar-refractivity contribution is 5.92. The van der Waals surface area contributed by atoms with E-state index in [1.54, 1.807) is 0 Å². The number of hydrogen-bond donors (Lipinski definition) is 1. The minimum absolute atomic E-state index is 0.0203. The van der Waals surface area contributed by atoms with Gasteiger partial charge in [0.25, 0.3) is 5.91 Å². The predicted octanol–water partition coefficient (Wildman–Crippen LogP) is 1.57. The monoisotopic (exact) mass is 322 g/mol. The zero-order valence-electron chi connectivity index (χ0n) is 11.4. The van der Waals surface area contributed by atoms with Gasteiger partial charge in [-0.3, -0.25) is 4.79 Å². The van der Waals surface area contributed by atoms with Crippen LogP contribution in [0.1, 0.15) is 16.9 Å². The molecule has 0 spiro atoms. The number of hydrogen-bond acceptors (Lipinski definition) is 4. The molecule has 1 aliphatic heterocycles. The molecule has 1 saturated heterocycles. The number of pyridine rings is 1. The molecule has 9 heteroatoms. The summed E-state index contributed by atoms with van der Waals surface area (Å²) in [5.74, 6) is -1.00. The predicted molar refractivity (Wildman–Crippen MR) is 67.2 cm³/mol. The lowest BCUT2D eigenvalue weighted by atomic mass is 10.2. The summed E-state index contributed by atoms with van der Waals surface area (Å²) in [4.78, 5) is 17.0. The standard InChI is InChI=1S/C13H14F4N2O3/c14-8-4-9(6-20)19(5-8)12(21)10-2-1-3-11(18-10)22-7-13(15,16)17/h1-3,8-9,20H,4-7H2/t8-,9-/m0/s1. The van der Waals surface area contributed by atoms with Crippen LogP contribution >= 0.6 is 0 Å². The fraction of sp³-hybridized carbons (Fsp3) is 0.538. The summed E-state index contributed by atoms with van der Waals surface area (Å²) in [6.45, 7) is -2.09. The maximum atomic E-state index is 13.3. The van der Waals surface area contributed by atoms with Crippen molar-refractivity contribution >= 4 is 5.91 Å². The number of rotatable bonds is 4. The van der Waals surface area contributed by atoms with Crippen molar-refractivity contribution in [3.63, 3.8) is 0 Å². The van der Waals surface area contributed by atoms with Crippen LogP contribution in [0.3, 0.4) is 0 Å². The van der Waals surface area contributed by atoms with Gasteiger partial charge in [0.05, 0.1) is 19.2 Å². The molecule has 2 heterocycles. The van der Waals surface area contributed by atoms with Crippen LogP contribution in [0.25, 0.3) is 0 Å². The number of amides is 1. The molecular weight excluding hydrogens is 308 g/mol. The third-order valence-electron chi connectivity index (χ3n) is 3.16. The lowest BCUT2D eigenvalue weighted by molar-refractivity contribution is -0.154. The lowest BCUT2D eigenvalue weighted by Gasteiger charge is -2.22. The zero-order valence-corrected chi connectivity index (χ0v) is 11.4. The topological polar surface area (TPSA) is 62.7 Å². The zero-order chi connectivity index (χ0) is 16.3. The van der Waals surface area contributed by atoms with Gasteiger partial charge in [-0.15, -0.1) is 0 Å². The Kier molecular flexibility index (Phi) is 4.84. The second kappa shape index (κ2) is 6.47. The van der Waals surface area contributed by atoms with Crippen LogP contribution in [-0.4, -0.2) is 59.0 Å². The van der Waals surface area contributed by atoms with E-state index in [-0.39, 0.29) is 24.5 Å². The van der Waals surface area contributed by atoms with E-state index < -0.39 is 37.5 Å². The summed E-state index contributed by atoms with van der Waals surface area (Å²) in [6.07, 6.45) is -5.74. The number of nitrogens with zero attached hydrogens (tertiary/aromatic N) is 2. The summed E-state index contributed by atoms with van der Waals surface area (Å²) in [5.41, 5.74) is -0.160. The van der Waals surface area contributed by atoms with Gasteiger partial charge in [-0.1, -0.05) is 6.07 Å². The number of ether oxygens (including phenoxy) is 1. The van der Waals surface area contributed by atoms with E-state index in [2.05, 4.69) is 9.72 Å². The number of likely N-dealkylation sites (tertiary alicyclic amines) is 1. The molecule has 2 rings (SSSR count). The van der Waals surface area contributed by atoms with Gasteiger partial charge in [0, 0.05) is 12.5 Å². The number of aromatic nitrogens is 1. The maximum Gasteiger partial charge on any atom is 0.422 e. The minimum atomic E-state index is -4.51. The fourth-order valence-electron chi connectivity index (χ4n) is 2.20. The van der Waals surface area contributed by atoms with Crippen molar-refractivity contribution in [3.05, 3.63) is 23.9 Å². The SMILES string of the molecule is O=C(c1cccc(OCC(F)(F)F)n1)N1C[C@@H](F)C[C@H]1CO. The summed E-state index contributed by atoms with van der Waals surface area (Å²) >= 11 is 0. The molecule has 122 valence electrons. The Morgan fingerprint density at radius 2 is 2.18 bits per heavy atom. The molecular formula is C13H14F4N2O3. The molecule has 0 aromatic carbocycles. The summed E-state index contributed by atoms with van der Waals surface area (Å²) < 4.78 is 54.1. The second-order valence-corrected chi connectivity index (χ2v) is 4.89. The van der Waals surface area contributed by atoms with E-state index in [0.29, 0.717) is 0 Å². The van der Waals surface area contributed by atoms with Gasteiger partial charge >= 0.3 is 6.18 Å². The van der Waals surface area contributed by atoms with Crippen LogP contribution in [0.5, 0.6) is 5.88 Å². The highest BCUT2D eigenvalue weighted by atomic mass is 19.4. The first kappa shape index (κ1) is 16.5. The highest BCUT2D eigenvalue weighted by Crippen LogP contribution is 2.23. The molecule has 1 aromatic heterocycles. The van der Waals surface area contributed by atoms with Crippen LogP contribution in [0.4, 0.5) is 17.6 Å². The smallest absolute Gasteiger partial charge is 0.422 e. The highest BCUT2D eigenvalue weighted by Gasteiger charge is 2.36. The number of aliphatic hydroxyl groups excluding tert-OH is 1. The largest absolute Gasteiger partial charge is 0.468 e. The normalized spacial score (nSPS) is 22.0. The molecule has 0 bridgehead atoms. The number of halogens is 4. The number of aliphatic hydroxyl groups is 1. The third kappa shape index (κ3) is 4.06. The minimum Gasteiger partial charge on any atom is -0.468 e. The average molecular weight is 322 g/mol. The van der Waals surface area contributed by atoms with Crippen LogP contribution in [-0.2, 0) is 0 Å². The van der Waals surface area contributed by atoms with Crippen molar-refractivity contribution in [1.29, 1.82) is 0 Å². The fourth-order valence-corrected chi connectivity index (χ4v) is 2.20. The molecule has 1 aliphatic rings. The first-order valence-corrected chi connectivity index (χ1v) is 6.52. The molecule has 1 fully saturated rings. The quantitative estimate of drug-likeness (QED) is 0.855. The van der Waals surface area contributed by atoms with E-state index in [1.165, 1.54) is 18.2 Å². The van der Waals surface area contributed by atoms with Crippen LogP contribution in [0, 0.1) is 0 Å². The van der Waals surface area contributed by atoms with Crippen LogP contribution in [0.2, 0.25) is 0 Å². The van der Waals surface area contributed by atoms with E-state index in [9.17, 15) is 22.4 Å². The Balaban J connectivity index is 2.10. The van der Waals surface area contributed by atoms with Gasteiger partial charge in [0.15, 0.2) is 6.61 Å². The molecule has 0 saturated carbocycles. The molecule has 0 radical (unpaired) electrons. The second-order valence-electron chi connectivity index (χ2n) is 4.89. The van der Waals surface area contributed by atoms with Gasteiger partial charge in [-0.05, 0) is 6.07 Å². The average Bonchev–Trinajstić information content (AvgIpc) is 2.85. The van der Waals surface area contributed by atoms with E-state index in [0.717, 1.165) is 4.90 Å².